The maximum Gasteiger partial charge on any atom is 0.258 e. The molecule has 0 aliphatic carbocycles. The Labute approximate surface area is 170 Å². The highest BCUT2D eigenvalue weighted by Crippen LogP contribution is 2.16. The number of rotatable bonds is 7. The number of hydrogen-bond donors (Lipinski definition) is 1. The summed E-state index contributed by atoms with van der Waals surface area (Å²) in [5, 5.41) is 2.91. The minimum absolute atomic E-state index is 0.165. The van der Waals surface area contributed by atoms with Crippen LogP contribution < -0.4 is 15.0 Å². The van der Waals surface area contributed by atoms with Crippen molar-refractivity contribution in [2.45, 2.75) is 6.42 Å². The van der Waals surface area contributed by atoms with Crippen LogP contribution in [0.3, 0.4) is 0 Å². The number of carbonyl (C=O) groups is 2. The fourth-order valence-corrected chi connectivity index (χ4v) is 3.01. The second kappa shape index (κ2) is 9.55. The van der Waals surface area contributed by atoms with Crippen LogP contribution in [0.15, 0.2) is 78.9 Å². The van der Waals surface area contributed by atoms with Crippen LogP contribution in [0.5, 0.6) is 5.75 Å². The van der Waals surface area contributed by atoms with Crippen LogP contribution in [0.4, 0.5) is 5.69 Å². The molecular formula is C24H24N2O3. The summed E-state index contributed by atoms with van der Waals surface area (Å²) < 4.78 is 5.22. The summed E-state index contributed by atoms with van der Waals surface area (Å²) in [6.45, 7) is 0.494. The molecule has 0 saturated carbocycles. The van der Waals surface area contributed by atoms with Gasteiger partial charge in [-0.3, -0.25) is 9.59 Å². The van der Waals surface area contributed by atoms with E-state index in [2.05, 4.69) is 5.32 Å². The predicted molar refractivity (Wildman–Crippen MR) is 115 cm³/mol. The van der Waals surface area contributed by atoms with E-state index in [1.165, 1.54) is 0 Å². The third-order valence-corrected chi connectivity index (χ3v) is 4.65. The van der Waals surface area contributed by atoms with Gasteiger partial charge in [0.2, 0.25) is 0 Å². The molecule has 5 nitrogen and oxygen atoms in total. The quantitative estimate of drug-likeness (QED) is 0.667. The molecule has 0 radical (unpaired) electrons. The number of para-hydroxylation sites is 1. The van der Waals surface area contributed by atoms with Gasteiger partial charge >= 0.3 is 0 Å². The molecule has 0 saturated heterocycles. The molecule has 0 aliphatic heterocycles. The van der Waals surface area contributed by atoms with Gasteiger partial charge in [0, 0.05) is 30.4 Å². The van der Waals surface area contributed by atoms with E-state index in [1.54, 1.807) is 43.3 Å². The van der Waals surface area contributed by atoms with Gasteiger partial charge in [-0.1, -0.05) is 36.4 Å². The Bertz CT molecular complexity index is 986. The van der Waals surface area contributed by atoms with Crippen molar-refractivity contribution >= 4 is 17.5 Å². The van der Waals surface area contributed by atoms with Gasteiger partial charge in [0.25, 0.3) is 11.8 Å². The molecule has 0 bridgehead atoms. The lowest BCUT2D eigenvalue weighted by Gasteiger charge is -2.17. The fourth-order valence-electron chi connectivity index (χ4n) is 3.01. The molecule has 29 heavy (non-hydrogen) atoms. The zero-order valence-corrected chi connectivity index (χ0v) is 16.6. The number of nitrogens with zero attached hydrogens (tertiary/aromatic N) is 1. The fraction of sp³-hybridized carbons (Fsp3) is 0.167. The van der Waals surface area contributed by atoms with Gasteiger partial charge in [0.1, 0.15) is 5.75 Å². The number of benzene rings is 3. The lowest BCUT2D eigenvalue weighted by molar-refractivity contribution is 0.0954. The zero-order valence-electron chi connectivity index (χ0n) is 16.6. The Morgan fingerprint density at radius 2 is 1.62 bits per heavy atom. The molecule has 0 aliphatic rings. The Hall–Kier alpha value is -3.60. The van der Waals surface area contributed by atoms with Crippen LogP contribution in [0.2, 0.25) is 0 Å². The van der Waals surface area contributed by atoms with Crippen molar-refractivity contribution < 1.29 is 14.3 Å². The number of nitrogens with one attached hydrogen (secondary N) is 1. The average Bonchev–Trinajstić information content (AvgIpc) is 2.78. The predicted octanol–water partition coefficient (Wildman–Crippen LogP) is 3.94. The van der Waals surface area contributed by atoms with Gasteiger partial charge in [-0.2, -0.15) is 0 Å². The lowest BCUT2D eigenvalue weighted by Crippen LogP contribution is -2.28. The first-order chi connectivity index (χ1) is 14.1. The molecule has 0 unspecified atom stereocenters. The van der Waals surface area contributed by atoms with E-state index in [-0.39, 0.29) is 11.8 Å². The van der Waals surface area contributed by atoms with Crippen molar-refractivity contribution in [3.8, 4) is 5.75 Å². The summed E-state index contributed by atoms with van der Waals surface area (Å²) >= 11 is 0. The molecule has 5 heteroatoms. The summed E-state index contributed by atoms with van der Waals surface area (Å²) in [4.78, 5) is 26.8. The van der Waals surface area contributed by atoms with Gasteiger partial charge in [-0.05, 0) is 54.4 Å². The highest BCUT2D eigenvalue weighted by molar-refractivity contribution is 6.07. The third kappa shape index (κ3) is 5.23. The third-order valence-electron chi connectivity index (χ3n) is 4.65. The van der Waals surface area contributed by atoms with E-state index in [4.69, 9.17) is 4.74 Å². The SMILES string of the molecule is COc1cccc(CCNC(=O)c2cccc(C(=O)N(C)c3ccccc3)c2)c1. The van der Waals surface area contributed by atoms with Gasteiger partial charge in [-0.15, -0.1) is 0 Å². The maximum absolute atomic E-state index is 12.8. The van der Waals surface area contributed by atoms with Crippen LogP contribution in [-0.4, -0.2) is 32.5 Å². The van der Waals surface area contributed by atoms with Gasteiger partial charge < -0.3 is 15.0 Å². The van der Waals surface area contributed by atoms with Gasteiger partial charge in [0.15, 0.2) is 0 Å². The number of methoxy groups -OCH3 is 1. The molecule has 0 heterocycles. The van der Waals surface area contributed by atoms with Crippen molar-refractivity contribution in [3.05, 3.63) is 95.6 Å². The molecule has 3 aromatic rings. The highest BCUT2D eigenvalue weighted by Gasteiger charge is 2.15. The molecule has 2 amide bonds. The molecular weight excluding hydrogens is 364 g/mol. The monoisotopic (exact) mass is 388 g/mol. The van der Waals surface area contributed by atoms with Crippen molar-refractivity contribution in [3.63, 3.8) is 0 Å². The Kier molecular flexibility index (Phi) is 6.63. The Morgan fingerprint density at radius 1 is 0.897 bits per heavy atom. The summed E-state index contributed by atoms with van der Waals surface area (Å²) in [5.41, 5.74) is 2.81. The minimum atomic E-state index is -0.204. The van der Waals surface area contributed by atoms with E-state index in [1.807, 2.05) is 54.6 Å². The first-order valence-electron chi connectivity index (χ1n) is 9.43. The Balaban J connectivity index is 1.62. The molecule has 148 valence electrons. The highest BCUT2D eigenvalue weighted by atomic mass is 16.5. The van der Waals surface area contributed by atoms with Gasteiger partial charge in [-0.25, -0.2) is 0 Å². The molecule has 3 rings (SSSR count). The Morgan fingerprint density at radius 3 is 2.38 bits per heavy atom. The first kappa shape index (κ1) is 20.1. The van der Waals surface area contributed by atoms with Gasteiger partial charge in [0.05, 0.1) is 7.11 Å². The molecule has 0 fully saturated rings. The van der Waals surface area contributed by atoms with Crippen LogP contribution in [0.25, 0.3) is 0 Å². The minimum Gasteiger partial charge on any atom is -0.497 e. The number of anilines is 1. The largest absolute Gasteiger partial charge is 0.497 e. The smallest absolute Gasteiger partial charge is 0.258 e. The molecule has 1 N–H and O–H groups in total. The second-order valence-corrected chi connectivity index (χ2v) is 6.64. The summed E-state index contributed by atoms with van der Waals surface area (Å²) in [6.07, 6.45) is 0.693. The summed E-state index contributed by atoms with van der Waals surface area (Å²) in [6, 6.07) is 23.9. The summed E-state index contributed by atoms with van der Waals surface area (Å²) in [7, 11) is 3.35. The zero-order chi connectivity index (χ0) is 20.6. The van der Waals surface area contributed by atoms with Crippen molar-refractivity contribution in [2.75, 3.05) is 25.6 Å². The molecule has 3 aromatic carbocycles. The molecule has 0 spiro atoms. The van der Waals surface area contributed by atoms with E-state index >= 15 is 0 Å². The standard InChI is InChI=1S/C24H24N2O3/c1-26(21-11-4-3-5-12-21)24(28)20-10-7-9-19(17-20)23(27)25-15-14-18-8-6-13-22(16-18)29-2/h3-13,16-17H,14-15H2,1-2H3,(H,25,27). The molecule has 0 aromatic heterocycles. The average molecular weight is 388 g/mol. The molecule has 0 atom stereocenters. The van der Waals surface area contributed by atoms with Crippen molar-refractivity contribution in [1.82, 2.24) is 5.32 Å². The summed E-state index contributed by atoms with van der Waals surface area (Å²) in [5.74, 6) is 0.426. The number of amides is 2. The normalized spacial score (nSPS) is 10.3. The number of ether oxygens (including phenoxy) is 1. The van der Waals surface area contributed by atoms with Crippen LogP contribution in [0, 0.1) is 0 Å². The van der Waals surface area contributed by atoms with Crippen LogP contribution in [-0.2, 0) is 6.42 Å². The van der Waals surface area contributed by atoms with E-state index < -0.39 is 0 Å². The number of hydrogen-bond acceptors (Lipinski definition) is 3. The van der Waals surface area contributed by atoms with Crippen molar-refractivity contribution in [1.29, 1.82) is 0 Å². The second-order valence-electron chi connectivity index (χ2n) is 6.64. The number of carbonyl (C=O) groups excluding carboxylic acids is 2. The van der Waals surface area contributed by atoms with Crippen LogP contribution in [0.1, 0.15) is 26.3 Å². The van der Waals surface area contributed by atoms with Crippen molar-refractivity contribution in [2.24, 2.45) is 0 Å². The van der Waals surface area contributed by atoms with E-state index in [9.17, 15) is 9.59 Å². The lowest BCUT2D eigenvalue weighted by atomic mass is 10.1. The topological polar surface area (TPSA) is 58.6 Å². The van der Waals surface area contributed by atoms with E-state index in [0.29, 0.717) is 24.1 Å². The van der Waals surface area contributed by atoms with E-state index in [0.717, 1.165) is 17.0 Å². The first-order valence-corrected chi connectivity index (χ1v) is 9.43. The van der Waals surface area contributed by atoms with Crippen LogP contribution >= 0.6 is 0 Å². The maximum atomic E-state index is 12.8.